The van der Waals surface area contributed by atoms with Crippen LogP contribution in [0.3, 0.4) is 0 Å². The maximum atomic E-state index is 11.8. The van der Waals surface area contributed by atoms with Gasteiger partial charge in [0.05, 0.1) is 5.52 Å². The molecule has 0 aliphatic carbocycles. The lowest BCUT2D eigenvalue weighted by Gasteiger charge is -2.03. The molecule has 2 N–H and O–H groups in total. The van der Waals surface area contributed by atoms with Gasteiger partial charge in [0.2, 0.25) is 5.91 Å². The van der Waals surface area contributed by atoms with E-state index in [9.17, 15) is 4.79 Å². The molecule has 0 aliphatic heterocycles. The van der Waals surface area contributed by atoms with E-state index in [-0.39, 0.29) is 12.5 Å². The summed E-state index contributed by atoms with van der Waals surface area (Å²) in [6.07, 6.45) is 5.89. The molecule has 22 heavy (non-hydrogen) atoms. The third-order valence-corrected chi connectivity index (χ3v) is 4.14. The van der Waals surface area contributed by atoms with E-state index in [4.69, 9.17) is 5.11 Å². The highest BCUT2D eigenvalue weighted by atomic mass is 32.2. The van der Waals surface area contributed by atoms with Gasteiger partial charge in [-0.2, -0.15) is 11.8 Å². The van der Waals surface area contributed by atoms with Crippen molar-refractivity contribution in [1.29, 1.82) is 0 Å². The van der Waals surface area contributed by atoms with Crippen LogP contribution in [0.2, 0.25) is 0 Å². The summed E-state index contributed by atoms with van der Waals surface area (Å²) in [7, 11) is 0. The van der Waals surface area contributed by atoms with Crippen molar-refractivity contribution in [3.8, 4) is 0 Å². The van der Waals surface area contributed by atoms with E-state index in [0.29, 0.717) is 6.54 Å². The first-order chi connectivity index (χ1) is 10.8. The Morgan fingerprint density at radius 3 is 3.00 bits per heavy atom. The average Bonchev–Trinajstić information content (AvgIpc) is 2.56. The van der Waals surface area contributed by atoms with Gasteiger partial charge >= 0.3 is 0 Å². The van der Waals surface area contributed by atoms with Crippen LogP contribution in [-0.2, 0) is 4.79 Å². The highest BCUT2D eigenvalue weighted by molar-refractivity contribution is 7.99. The van der Waals surface area contributed by atoms with Crippen molar-refractivity contribution in [2.75, 3.05) is 24.7 Å². The van der Waals surface area contributed by atoms with Crippen LogP contribution in [0.25, 0.3) is 17.0 Å². The SMILES string of the molecule is O=C(/C=C/c1cccc2cccnc12)NCCSCCCO. The van der Waals surface area contributed by atoms with E-state index in [2.05, 4.69) is 10.3 Å². The lowest BCUT2D eigenvalue weighted by molar-refractivity contribution is -0.116. The number of hydrogen-bond acceptors (Lipinski definition) is 4. The Hall–Kier alpha value is -1.85. The van der Waals surface area contributed by atoms with Crippen molar-refractivity contribution in [3.63, 3.8) is 0 Å². The Balaban J connectivity index is 1.84. The standard InChI is InChI=1S/C17H20N2O2S/c20-11-3-12-22-13-10-18-16(21)8-7-15-5-1-4-14-6-2-9-19-17(14)15/h1-2,4-9,20H,3,10-13H2,(H,18,21)/b8-7+. The van der Waals surface area contributed by atoms with E-state index < -0.39 is 0 Å². The lowest BCUT2D eigenvalue weighted by Crippen LogP contribution is -2.23. The smallest absolute Gasteiger partial charge is 0.244 e. The Kier molecular flexibility index (Phi) is 6.93. The predicted molar refractivity (Wildman–Crippen MR) is 92.8 cm³/mol. The van der Waals surface area contributed by atoms with Crippen LogP contribution in [-0.4, -0.2) is 40.7 Å². The minimum absolute atomic E-state index is 0.101. The van der Waals surface area contributed by atoms with Crippen molar-refractivity contribution in [3.05, 3.63) is 48.2 Å². The third kappa shape index (κ3) is 5.16. The Morgan fingerprint density at radius 1 is 1.27 bits per heavy atom. The molecule has 0 saturated carbocycles. The normalized spacial score (nSPS) is 11.1. The summed E-state index contributed by atoms with van der Waals surface area (Å²) in [6, 6.07) is 9.81. The van der Waals surface area contributed by atoms with Gasteiger partial charge in [-0.15, -0.1) is 0 Å². The molecule has 0 unspecified atom stereocenters. The maximum Gasteiger partial charge on any atom is 0.244 e. The van der Waals surface area contributed by atoms with Crippen molar-refractivity contribution >= 4 is 34.6 Å². The number of thioether (sulfide) groups is 1. The van der Waals surface area contributed by atoms with Gasteiger partial charge in [-0.25, -0.2) is 0 Å². The molecule has 0 fully saturated rings. The number of nitrogens with one attached hydrogen (secondary N) is 1. The summed E-state index contributed by atoms with van der Waals surface area (Å²) >= 11 is 1.73. The minimum Gasteiger partial charge on any atom is -0.396 e. The molecule has 4 nitrogen and oxygen atoms in total. The Morgan fingerprint density at radius 2 is 2.14 bits per heavy atom. The van der Waals surface area contributed by atoms with Crippen molar-refractivity contribution in [2.24, 2.45) is 0 Å². The predicted octanol–water partition coefficient (Wildman–Crippen LogP) is 2.48. The van der Waals surface area contributed by atoms with Gasteiger partial charge in [-0.05, 0) is 24.3 Å². The zero-order valence-electron chi connectivity index (χ0n) is 12.4. The lowest BCUT2D eigenvalue weighted by atomic mass is 10.1. The molecule has 1 aromatic heterocycles. The first-order valence-corrected chi connectivity index (χ1v) is 8.45. The number of aliphatic hydroxyl groups is 1. The molecule has 1 aromatic carbocycles. The third-order valence-electron chi connectivity index (χ3n) is 3.07. The zero-order valence-corrected chi connectivity index (χ0v) is 13.2. The first-order valence-electron chi connectivity index (χ1n) is 7.29. The number of aliphatic hydroxyl groups excluding tert-OH is 1. The number of fused-ring (bicyclic) bond motifs is 1. The highest BCUT2D eigenvalue weighted by Crippen LogP contribution is 2.16. The largest absolute Gasteiger partial charge is 0.396 e. The number of nitrogens with zero attached hydrogens (tertiary/aromatic N) is 1. The summed E-state index contributed by atoms with van der Waals surface area (Å²) in [6.45, 7) is 0.855. The zero-order chi connectivity index (χ0) is 15.6. The average molecular weight is 316 g/mol. The molecule has 0 bridgehead atoms. The minimum atomic E-state index is -0.101. The van der Waals surface area contributed by atoms with Gasteiger partial charge < -0.3 is 10.4 Å². The molecule has 1 amide bonds. The van der Waals surface area contributed by atoms with E-state index in [1.165, 1.54) is 0 Å². The van der Waals surface area contributed by atoms with Crippen molar-refractivity contribution in [1.82, 2.24) is 10.3 Å². The molecule has 0 saturated heterocycles. The van der Waals surface area contributed by atoms with Crippen LogP contribution in [0.4, 0.5) is 0 Å². The number of carbonyl (C=O) groups is 1. The molecule has 0 spiro atoms. The second-order valence-electron chi connectivity index (χ2n) is 4.74. The van der Waals surface area contributed by atoms with Gasteiger partial charge in [-0.1, -0.05) is 24.3 Å². The van der Waals surface area contributed by atoms with Gasteiger partial charge in [-0.3, -0.25) is 9.78 Å². The van der Waals surface area contributed by atoms with Gasteiger partial charge in [0, 0.05) is 42.1 Å². The Bertz CT molecular complexity index is 638. The van der Waals surface area contributed by atoms with Crippen molar-refractivity contribution in [2.45, 2.75) is 6.42 Å². The number of rotatable bonds is 8. The molecule has 0 atom stereocenters. The molecular weight excluding hydrogens is 296 g/mol. The number of hydrogen-bond donors (Lipinski definition) is 2. The van der Waals surface area contributed by atoms with E-state index in [1.54, 1.807) is 30.1 Å². The number of aromatic nitrogens is 1. The molecule has 2 rings (SSSR count). The van der Waals surface area contributed by atoms with Gasteiger partial charge in [0.1, 0.15) is 0 Å². The molecule has 1 heterocycles. The van der Waals surface area contributed by atoms with E-state index in [1.807, 2.05) is 30.3 Å². The molecular formula is C17H20N2O2S. The molecule has 2 aromatic rings. The van der Waals surface area contributed by atoms with E-state index >= 15 is 0 Å². The van der Waals surface area contributed by atoms with Crippen LogP contribution >= 0.6 is 11.8 Å². The van der Waals surface area contributed by atoms with Crippen LogP contribution < -0.4 is 5.32 Å². The number of pyridine rings is 1. The number of benzene rings is 1. The van der Waals surface area contributed by atoms with Gasteiger partial charge in [0.15, 0.2) is 0 Å². The summed E-state index contributed by atoms with van der Waals surface area (Å²) < 4.78 is 0. The number of carbonyl (C=O) groups excluding carboxylic acids is 1. The highest BCUT2D eigenvalue weighted by Gasteiger charge is 1.99. The van der Waals surface area contributed by atoms with Crippen LogP contribution in [0.5, 0.6) is 0 Å². The fourth-order valence-corrected chi connectivity index (χ4v) is 2.79. The maximum absolute atomic E-state index is 11.8. The second kappa shape index (κ2) is 9.23. The number of para-hydroxylation sites is 1. The van der Waals surface area contributed by atoms with Crippen LogP contribution in [0.1, 0.15) is 12.0 Å². The van der Waals surface area contributed by atoms with Crippen LogP contribution in [0.15, 0.2) is 42.6 Å². The fraction of sp³-hybridized carbons (Fsp3) is 0.294. The summed E-state index contributed by atoms with van der Waals surface area (Å²) in [5.41, 5.74) is 1.83. The summed E-state index contributed by atoms with van der Waals surface area (Å²) in [5, 5.41) is 12.6. The molecule has 0 radical (unpaired) electrons. The second-order valence-corrected chi connectivity index (χ2v) is 5.96. The van der Waals surface area contributed by atoms with Crippen molar-refractivity contribution < 1.29 is 9.90 Å². The molecule has 0 aliphatic rings. The summed E-state index contributed by atoms with van der Waals surface area (Å²) in [5.74, 6) is 1.68. The van der Waals surface area contributed by atoms with E-state index in [0.717, 1.165) is 34.4 Å². The van der Waals surface area contributed by atoms with Gasteiger partial charge in [0.25, 0.3) is 0 Å². The quantitative estimate of drug-likeness (QED) is 0.580. The Labute approximate surface area is 134 Å². The number of amides is 1. The monoisotopic (exact) mass is 316 g/mol. The molecule has 5 heteroatoms. The summed E-state index contributed by atoms with van der Waals surface area (Å²) in [4.78, 5) is 16.1. The van der Waals surface area contributed by atoms with Crippen LogP contribution in [0, 0.1) is 0 Å². The molecule has 116 valence electrons. The fourth-order valence-electron chi connectivity index (χ4n) is 2.00. The first kappa shape index (κ1) is 16.5. The topological polar surface area (TPSA) is 62.2 Å².